The van der Waals surface area contributed by atoms with E-state index in [4.69, 9.17) is 51.9 Å². The molecule has 0 saturated carbocycles. The molecule has 0 radical (unpaired) electrons. The van der Waals surface area contributed by atoms with Gasteiger partial charge < -0.3 is 43.6 Å². The number of nitrogen functional groups attached to an aromatic ring is 5. The molecular formula is C87H69Cl2N29O3. The normalized spacial score (nSPS) is 11.0. The summed E-state index contributed by atoms with van der Waals surface area (Å²) in [6.07, 6.45) is 20.1. The Kier molecular flexibility index (Phi) is 21.9. The average Bonchev–Trinajstić information content (AvgIpc) is 1.38. The minimum atomic E-state index is -0.433. The Balaban J connectivity index is 0.000000112. The molecule has 121 heavy (non-hydrogen) atoms. The van der Waals surface area contributed by atoms with Crippen LogP contribution in [0, 0.1) is 6.92 Å². The van der Waals surface area contributed by atoms with E-state index in [0.717, 1.165) is 93.9 Å². The first-order valence-electron chi connectivity index (χ1n) is 37.1. The molecule has 0 unspecified atom stereocenters. The van der Waals surface area contributed by atoms with E-state index in [1.54, 1.807) is 76.5 Å². The van der Waals surface area contributed by atoms with Gasteiger partial charge in [0.2, 0.25) is 5.56 Å². The van der Waals surface area contributed by atoms with Crippen LogP contribution in [0.3, 0.4) is 0 Å². The third-order valence-electron chi connectivity index (χ3n) is 18.9. The van der Waals surface area contributed by atoms with Gasteiger partial charge in [0.1, 0.15) is 68.8 Å². The van der Waals surface area contributed by atoms with Crippen molar-refractivity contribution < 1.29 is 0 Å². The van der Waals surface area contributed by atoms with E-state index in [2.05, 4.69) is 112 Å². The Hall–Kier alpha value is -16.5. The molecule has 0 spiro atoms. The topological polar surface area (TPSA) is 468 Å². The number of nitrogens with one attached hydrogen (secondary N) is 3. The molecule has 6 aromatic carbocycles. The number of nitrogens with zero attached hydrogens (tertiary/aromatic N) is 21. The highest BCUT2D eigenvalue weighted by Gasteiger charge is 2.22. The summed E-state index contributed by atoms with van der Waals surface area (Å²) in [5, 5.41) is 27.1. The van der Waals surface area contributed by atoms with Gasteiger partial charge in [-0.3, -0.25) is 63.3 Å². The zero-order chi connectivity index (χ0) is 84.1. The summed E-state index contributed by atoms with van der Waals surface area (Å²) < 4.78 is 5.14. The van der Waals surface area contributed by atoms with E-state index in [-0.39, 0.29) is 16.8 Å². The fraction of sp³-hybridized carbons (Fsp3) is 0.0575. The van der Waals surface area contributed by atoms with E-state index >= 15 is 0 Å². The largest absolute Gasteiger partial charge is 0.382 e. The highest BCUT2D eigenvalue weighted by atomic mass is 35.5. The van der Waals surface area contributed by atoms with Gasteiger partial charge in [0.15, 0.2) is 11.2 Å². The second-order valence-corrected chi connectivity index (χ2v) is 28.3. The van der Waals surface area contributed by atoms with Gasteiger partial charge in [-0.15, -0.1) is 0 Å². The molecule has 32 nitrogen and oxygen atoms in total. The molecule has 0 aliphatic rings. The number of anilines is 5. The summed E-state index contributed by atoms with van der Waals surface area (Å²) in [6, 6.07) is 54.3. The van der Waals surface area contributed by atoms with Crippen molar-refractivity contribution in [1.82, 2.24) is 119 Å². The molecule has 594 valence electrons. The van der Waals surface area contributed by atoms with Crippen LogP contribution in [-0.4, -0.2) is 119 Å². The zero-order valence-electron chi connectivity index (χ0n) is 64.9. The van der Waals surface area contributed by atoms with Gasteiger partial charge >= 0.3 is 0 Å². The standard InChI is InChI=1S/C19H13ClN4O.C18H16N6.2C17H14N6O.C16H12ClN7/c20-14-10-13(9-12-7-4-8-22-15(12)14)17-16(11-5-2-1-3-6-11)23-18(21)19(25)24-17;1-11-8-13(9-12-4-3-6-20-16(11)12)17-18(22-15(19)10-21-17)14-5-7-24(2)23-14;1-23-7-6-13(22-23)17-16(19-9-14(18)21-17)11-2-4-12-10(8-11)3-5-15(24)20-12;1-23-7-5-12(22-23)17-16(20-9-15(18)21-17)10-2-3-11-13(8-10)19-6-4-14(11)24;1-24-21-7-12(23-24)16-15(20-8-13(18)22-16)10-5-9-3-2-4-19-14(9)11(17)6-10/h1-10H,(H2,21,23)(H,24,25);3-10H,1-2H3,(H2,19,22);2-9H,1H3,(H2,18,21)(H,20,24);2-9H,1H3,(H2,18,21)(H,19,24);2-8H,1H3,(H2,18,22). The molecule has 0 atom stereocenters. The molecule has 14 heterocycles. The van der Waals surface area contributed by atoms with Crippen LogP contribution < -0.4 is 45.2 Å². The van der Waals surface area contributed by atoms with Crippen LogP contribution in [0.4, 0.5) is 29.1 Å². The van der Waals surface area contributed by atoms with Gasteiger partial charge in [0.25, 0.3) is 5.56 Å². The maximum Gasteiger partial charge on any atom is 0.290 e. The number of halogens is 2. The number of hydrogen-bond acceptors (Lipinski definition) is 25. The van der Waals surface area contributed by atoms with Crippen LogP contribution in [0.15, 0.2) is 265 Å². The zero-order valence-corrected chi connectivity index (χ0v) is 66.4. The Morgan fingerprint density at radius 1 is 0.364 bits per heavy atom. The summed E-state index contributed by atoms with van der Waals surface area (Å²) in [4.78, 5) is 98.4. The Morgan fingerprint density at radius 3 is 1.36 bits per heavy atom. The Bertz CT molecular complexity index is 7360. The highest BCUT2D eigenvalue weighted by Crippen LogP contribution is 2.38. The number of hydrogen-bond donors (Lipinski definition) is 8. The molecule has 0 saturated heterocycles. The number of H-pyrrole nitrogens is 3. The Morgan fingerprint density at radius 2 is 0.835 bits per heavy atom. The van der Waals surface area contributed by atoms with Gasteiger partial charge in [0, 0.05) is 150 Å². The summed E-state index contributed by atoms with van der Waals surface area (Å²) >= 11 is 12.8. The lowest BCUT2D eigenvalue weighted by Crippen LogP contribution is -2.16. The van der Waals surface area contributed by atoms with Crippen molar-refractivity contribution in [3.8, 4) is 113 Å². The molecular weight excluding hydrogens is 1570 g/mol. The molecule has 34 heteroatoms. The first-order valence-corrected chi connectivity index (χ1v) is 37.9. The summed E-state index contributed by atoms with van der Waals surface area (Å²) in [6.45, 7) is 2.05. The van der Waals surface area contributed by atoms with Crippen molar-refractivity contribution in [2.24, 2.45) is 28.2 Å². The lowest BCUT2D eigenvalue weighted by Gasteiger charge is -2.11. The molecule has 0 amide bonds. The molecule has 14 aromatic heterocycles. The second kappa shape index (κ2) is 33.8. The van der Waals surface area contributed by atoms with Crippen molar-refractivity contribution in [2.45, 2.75) is 6.92 Å². The second-order valence-electron chi connectivity index (χ2n) is 27.5. The minimum absolute atomic E-state index is 0.0244. The number of benzene rings is 6. The maximum atomic E-state index is 12.1. The number of aromatic nitrogens is 24. The first-order chi connectivity index (χ1) is 58.6. The number of aryl methyl sites for hydroxylation is 5. The highest BCUT2D eigenvalue weighted by molar-refractivity contribution is 6.36. The monoisotopic (exact) mass is 1640 g/mol. The molecule has 13 N–H and O–H groups in total. The van der Waals surface area contributed by atoms with Crippen LogP contribution in [0.2, 0.25) is 10.0 Å². The van der Waals surface area contributed by atoms with Crippen molar-refractivity contribution in [2.75, 3.05) is 28.7 Å². The van der Waals surface area contributed by atoms with E-state index in [1.165, 1.54) is 35.5 Å². The molecule has 0 bridgehead atoms. The fourth-order valence-corrected chi connectivity index (χ4v) is 14.0. The number of rotatable bonds is 10. The van der Waals surface area contributed by atoms with Crippen molar-refractivity contribution in [3.05, 3.63) is 297 Å². The lowest BCUT2D eigenvalue weighted by atomic mass is 10.0. The predicted molar refractivity (Wildman–Crippen MR) is 471 cm³/mol. The summed E-state index contributed by atoms with van der Waals surface area (Å²) in [5.74, 6) is 1.28. The third-order valence-corrected chi connectivity index (χ3v) is 19.5. The van der Waals surface area contributed by atoms with Crippen LogP contribution in [0.5, 0.6) is 0 Å². The third kappa shape index (κ3) is 17.1. The van der Waals surface area contributed by atoms with Gasteiger partial charge in [-0.05, 0) is 121 Å². The van der Waals surface area contributed by atoms with E-state index in [1.807, 2.05) is 180 Å². The summed E-state index contributed by atoms with van der Waals surface area (Å²) in [5.41, 5.74) is 47.7. The van der Waals surface area contributed by atoms with Gasteiger partial charge in [-0.2, -0.15) is 30.3 Å². The number of fused-ring (bicyclic) bond motifs is 5. The Labute approximate surface area is 695 Å². The number of aromatic amines is 3. The van der Waals surface area contributed by atoms with Crippen molar-refractivity contribution in [1.29, 1.82) is 0 Å². The van der Waals surface area contributed by atoms with E-state index in [9.17, 15) is 14.4 Å². The van der Waals surface area contributed by atoms with E-state index < -0.39 is 5.56 Å². The van der Waals surface area contributed by atoms with Crippen LogP contribution in [0.25, 0.3) is 168 Å². The average molecular weight is 1640 g/mol. The first kappa shape index (κ1) is 78.4. The van der Waals surface area contributed by atoms with Gasteiger partial charge in [-0.25, -0.2) is 24.9 Å². The maximum absolute atomic E-state index is 12.1. The summed E-state index contributed by atoms with van der Waals surface area (Å²) in [7, 11) is 7.29. The van der Waals surface area contributed by atoms with Gasteiger partial charge in [-0.1, -0.05) is 83.9 Å². The fourth-order valence-electron chi connectivity index (χ4n) is 13.4. The quantitative estimate of drug-likeness (QED) is 0.0630. The smallest absolute Gasteiger partial charge is 0.290 e. The van der Waals surface area contributed by atoms with E-state index in [0.29, 0.717) is 113 Å². The molecule has 0 aliphatic heterocycles. The minimum Gasteiger partial charge on any atom is -0.382 e. The lowest BCUT2D eigenvalue weighted by molar-refractivity contribution is 0.655. The molecule has 0 aliphatic carbocycles. The molecule has 0 fully saturated rings. The number of nitrogens with two attached hydrogens (primary N) is 5. The molecule has 20 rings (SSSR count). The SMILES string of the molecule is Cc1cc(-c2ncc(N)nc2-c2ccn(C)n2)cc2cccnc12.Cn1ccc(-c2nc(N)cnc2-c2ccc3[nH]c(=O)ccc3c2)n1.Cn1ccc(-c2nc(N)cnc2-c2ccc3c(=O)cc[nH]c3c2)n1.Cn1ncc(-c2nc(N)cnc2-c2cc(Cl)c3ncccc3c2)n1.Nc1nc(-c2ccccc2)c(-c2cc(Cl)c3ncccc3c2)[nH]c1=O. The van der Waals surface area contributed by atoms with Crippen molar-refractivity contribution in [3.63, 3.8) is 0 Å². The van der Waals surface area contributed by atoms with Gasteiger partial charge in [0.05, 0.1) is 91.7 Å². The van der Waals surface area contributed by atoms with Crippen LogP contribution in [0.1, 0.15) is 5.56 Å². The molecule has 20 aromatic rings. The van der Waals surface area contributed by atoms with Crippen LogP contribution in [-0.2, 0) is 28.2 Å². The predicted octanol–water partition coefficient (Wildman–Crippen LogP) is 13.5. The van der Waals surface area contributed by atoms with Crippen LogP contribution >= 0.6 is 23.2 Å². The van der Waals surface area contributed by atoms with Crippen molar-refractivity contribution >= 4 is 107 Å². The number of pyridine rings is 5.